The van der Waals surface area contributed by atoms with Gasteiger partial charge in [0.2, 0.25) is 0 Å². The van der Waals surface area contributed by atoms with Crippen molar-refractivity contribution in [2.75, 3.05) is 6.61 Å². The second-order valence-electron chi connectivity index (χ2n) is 9.99. The third-order valence-corrected chi connectivity index (χ3v) is 4.48. The Morgan fingerprint density at radius 3 is 2.12 bits per heavy atom. The largest absolute Gasteiger partial charge is 0.490 e. The number of allylic oxidation sites excluding steroid dienone is 1. The highest BCUT2D eigenvalue weighted by Crippen LogP contribution is 2.35. The molecule has 0 unspecified atom stereocenters. The molecule has 0 saturated carbocycles. The van der Waals surface area contributed by atoms with E-state index in [1.165, 1.54) is 0 Å². The van der Waals surface area contributed by atoms with Gasteiger partial charge in [-0.05, 0) is 89.9 Å². The van der Waals surface area contributed by atoms with Gasteiger partial charge >= 0.3 is 0 Å². The Balaban J connectivity index is 2.41. The van der Waals surface area contributed by atoms with Crippen molar-refractivity contribution in [3.8, 4) is 17.2 Å². The Morgan fingerprint density at radius 1 is 0.939 bits per heavy atom. The fourth-order valence-electron chi connectivity index (χ4n) is 3.27. The van der Waals surface area contributed by atoms with E-state index in [0.29, 0.717) is 17.9 Å². The first kappa shape index (κ1) is 26.2. The van der Waals surface area contributed by atoms with Crippen molar-refractivity contribution in [3.63, 3.8) is 0 Å². The lowest BCUT2D eigenvalue weighted by Gasteiger charge is -2.27. The molecule has 4 heteroatoms. The van der Waals surface area contributed by atoms with Gasteiger partial charge in [0.05, 0.1) is 0 Å². The number of carbonyl (C=O) groups excluding carboxylic acids is 1. The lowest BCUT2D eigenvalue weighted by atomic mass is 9.99. The van der Waals surface area contributed by atoms with E-state index in [-0.39, 0.29) is 17.0 Å². The maximum absolute atomic E-state index is 12.8. The molecule has 2 aromatic rings. The predicted octanol–water partition coefficient (Wildman–Crippen LogP) is 7.45. The number of benzene rings is 2. The first-order valence-corrected chi connectivity index (χ1v) is 11.5. The van der Waals surface area contributed by atoms with Crippen LogP contribution in [0.15, 0.2) is 55.1 Å². The minimum atomic E-state index is -0.352. The van der Waals surface area contributed by atoms with Crippen LogP contribution in [0.2, 0.25) is 0 Å². The Hall–Kier alpha value is -3.01. The third-order valence-electron chi connectivity index (χ3n) is 4.48. The van der Waals surface area contributed by atoms with Crippen LogP contribution in [-0.2, 0) is 6.42 Å². The van der Waals surface area contributed by atoms with Gasteiger partial charge in [-0.3, -0.25) is 4.79 Å². The number of hydrogen-bond acceptors (Lipinski definition) is 4. The van der Waals surface area contributed by atoms with E-state index in [4.69, 9.17) is 14.2 Å². The maximum Gasteiger partial charge on any atom is 0.185 e. The van der Waals surface area contributed by atoms with Gasteiger partial charge in [-0.25, -0.2) is 0 Å². The summed E-state index contributed by atoms with van der Waals surface area (Å²) in [7, 11) is 0. The van der Waals surface area contributed by atoms with Gasteiger partial charge < -0.3 is 14.2 Å². The molecule has 4 nitrogen and oxygen atoms in total. The number of hydrogen-bond donors (Lipinski definition) is 0. The summed E-state index contributed by atoms with van der Waals surface area (Å²) < 4.78 is 17.9. The van der Waals surface area contributed by atoms with E-state index in [1.54, 1.807) is 36.4 Å². The molecule has 0 aromatic heterocycles. The minimum Gasteiger partial charge on any atom is -0.490 e. The van der Waals surface area contributed by atoms with Gasteiger partial charge in [0.1, 0.15) is 35.1 Å². The summed E-state index contributed by atoms with van der Waals surface area (Å²) in [6, 6.07) is 11.1. The average Bonchev–Trinajstić information content (AvgIpc) is 2.70. The van der Waals surface area contributed by atoms with Crippen molar-refractivity contribution in [2.45, 2.75) is 72.5 Å². The molecule has 0 aliphatic heterocycles. The molecule has 178 valence electrons. The SMILES string of the molecule is C=CCOc1ccc(C(=O)/C=C/c2cc(OC(C)(C)C)cc(OC(C)(C)C)c2CCC)cc1. The Kier molecular flexibility index (Phi) is 8.92. The van der Waals surface area contributed by atoms with Crippen LogP contribution in [0.3, 0.4) is 0 Å². The highest BCUT2D eigenvalue weighted by atomic mass is 16.5. The Bertz CT molecular complexity index is 970. The second kappa shape index (κ2) is 11.2. The fraction of sp³-hybridized carbons (Fsp3) is 0.414. The van der Waals surface area contributed by atoms with Gasteiger partial charge in [-0.15, -0.1) is 0 Å². The van der Waals surface area contributed by atoms with Crippen molar-refractivity contribution in [2.24, 2.45) is 0 Å². The fourth-order valence-corrected chi connectivity index (χ4v) is 3.27. The molecule has 0 atom stereocenters. The van der Waals surface area contributed by atoms with Crippen molar-refractivity contribution in [1.82, 2.24) is 0 Å². The molecule has 0 N–H and O–H groups in total. The van der Waals surface area contributed by atoms with Crippen molar-refractivity contribution in [3.05, 3.63) is 71.8 Å². The molecule has 0 spiro atoms. The summed E-state index contributed by atoms with van der Waals surface area (Å²) in [6.07, 6.45) is 6.95. The predicted molar refractivity (Wildman–Crippen MR) is 137 cm³/mol. The molecule has 0 amide bonds. The van der Waals surface area contributed by atoms with E-state index >= 15 is 0 Å². The molecule has 0 heterocycles. The zero-order valence-corrected chi connectivity index (χ0v) is 21.2. The molecule has 0 aliphatic carbocycles. The van der Waals surface area contributed by atoms with Crippen LogP contribution in [0.4, 0.5) is 0 Å². The van der Waals surface area contributed by atoms with E-state index in [2.05, 4.69) is 13.5 Å². The van der Waals surface area contributed by atoms with Gasteiger partial charge in [0.15, 0.2) is 5.78 Å². The number of ketones is 1. The summed E-state index contributed by atoms with van der Waals surface area (Å²) >= 11 is 0. The summed E-state index contributed by atoms with van der Waals surface area (Å²) in [4.78, 5) is 12.8. The summed E-state index contributed by atoms with van der Waals surface area (Å²) in [6.45, 7) is 18.3. The monoisotopic (exact) mass is 450 g/mol. The van der Waals surface area contributed by atoms with Crippen LogP contribution in [0.25, 0.3) is 6.08 Å². The van der Waals surface area contributed by atoms with Crippen LogP contribution >= 0.6 is 0 Å². The lowest BCUT2D eigenvalue weighted by Crippen LogP contribution is -2.25. The highest BCUT2D eigenvalue weighted by Gasteiger charge is 2.20. The average molecular weight is 451 g/mol. The van der Waals surface area contributed by atoms with Crippen LogP contribution in [0.5, 0.6) is 17.2 Å². The van der Waals surface area contributed by atoms with Crippen LogP contribution < -0.4 is 14.2 Å². The molecule has 2 rings (SSSR count). The molecule has 0 radical (unpaired) electrons. The van der Waals surface area contributed by atoms with E-state index in [1.807, 2.05) is 59.8 Å². The lowest BCUT2D eigenvalue weighted by molar-refractivity contribution is 0.104. The molecule has 2 aromatic carbocycles. The molecule has 0 bridgehead atoms. The number of ether oxygens (including phenoxy) is 3. The molecule has 33 heavy (non-hydrogen) atoms. The first-order chi connectivity index (χ1) is 15.4. The van der Waals surface area contributed by atoms with E-state index in [9.17, 15) is 4.79 Å². The van der Waals surface area contributed by atoms with Gasteiger partial charge in [0, 0.05) is 17.2 Å². The zero-order chi connectivity index (χ0) is 24.6. The normalized spacial score (nSPS) is 12.0. The summed E-state index contributed by atoms with van der Waals surface area (Å²) in [5.74, 6) is 2.14. The molecule has 0 saturated heterocycles. The Morgan fingerprint density at radius 2 is 1.58 bits per heavy atom. The topological polar surface area (TPSA) is 44.8 Å². The molecular weight excluding hydrogens is 412 g/mol. The molecular formula is C29H38O4. The first-order valence-electron chi connectivity index (χ1n) is 11.5. The van der Waals surface area contributed by atoms with Crippen molar-refractivity contribution >= 4 is 11.9 Å². The smallest absolute Gasteiger partial charge is 0.185 e. The van der Waals surface area contributed by atoms with Crippen molar-refractivity contribution < 1.29 is 19.0 Å². The quantitative estimate of drug-likeness (QED) is 0.214. The van der Waals surface area contributed by atoms with Gasteiger partial charge in [-0.1, -0.05) is 32.1 Å². The standard InChI is InChI=1S/C29H38O4/c1-9-11-25-22(14-17-26(30)21-12-15-23(16-13-21)31-18-10-2)19-24(32-28(3,4)5)20-27(25)33-29(6,7)8/h10,12-17,19-20H,2,9,11,18H2,1,3-8H3/b17-14+. The van der Waals surface area contributed by atoms with E-state index < -0.39 is 0 Å². The maximum atomic E-state index is 12.8. The van der Waals surface area contributed by atoms with Crippen LogP contribution in [-0.4, -0.2) is 23.6 Å². The van der Waals surface area contributed by atoms with Crippen LogP contribution in [0, 0.1) is 0 Å². The highest BCUT2D eigenvalue weighted by molar-refractivity contribution is 6.07. The number of carbonyl (C=O) groups is 1. The number of rotatable bonds is 10. The van der Waals surface area contributed by atoms with Crippen molar-refractivity contribution in [1.29, 1.82) is 0 Å². The van der Waals surface area contributed by atoms with Gasteiger partial charge in [-0.2, -0.15) is 0 Å². The van der Waals surface area contributed by atoms with Gasteiger partial charge in [0.25, 0.3) is 0 Å². The molecule has 0 aliphatic rings. The van der Waals surface area contributed by atoms with E-state index in [0.717, 1.165) is 35.5 Å². The summed E-state index contributed by atoms with van der Waals surface area (Å²) in [5, 5.41) is 0. The summed E-state index contributed by atoms with van der Waals surface area (Å²) in [5.41, 5.74) is 1.90. The second-order valence-corrected chi connectivity index (χ2v) is 9.99. The third kappa shape index (κ3) is 8.80. The Labute approximate surface area is 199 Å². The zero-order valence-electron chi connectivity index (χ0n) is 21.2. The molecule has 0 fully saturated rings. The minimum absolute atomic E-state index is 0.0758. The van der Waals surface area contributed by atoms with Crippen LogP contribution in [0.1, 0.15) is 76.4 Å².